The molecule has 6 rings (SSSR count). The molecule has 0 bridgehead atoms. The van der Waals surface area contributed by atoms with Crippen molar-refractivity contribution in [2.75, 3.05) is 56.2 Å². The van der Waals surface area contributed by atoms with Crippen LogP contribution in [0.4, 0.5) is 17.1 Å². The van der Waals surface area contributed by atoms with E-state index in [1.165, 1.54) is 6.42 Å². The Balaban J connectivity index is 1.25. The van der Waals surface area contributed by atoms with Crippen LogP contribution in [-0.2, 0) is 0 Å². The average molecular weight is 573 g/mol. The second-order valence-corrected chi connectivity index (χ2v) is 11.3. The minimum Gasteiger partial charge on any atom is -0.486 e. The number of carbonyl (C=O) groups is 1. The first-order valence-corrected chi connectivity index (χ1v) is 14.9. The molecule has 1 saturated heterocycles. The van der Waals surface area contributed by atoms with Gasteiger partial charge in [-0.2, -0.15) is 0 Å². The summed E-state index contributed by atoms with van der Waals surface area (Å²) < 4.78 is 11.3. The molecule has 41 heavy (non-hydrogen) atoms. The number of para-hydroxylation sites is 1. The summed E-state index contributed by atoms with van der Waals surface area (Å²) in [6.07, 6.45) is 5.67. The van der Waals surface area contributed by atoms with E-state index in [0.717, 1.165) is 49.7 Å². The number of carbonyl (C=O) groups excluding carboxylic acids is 1. The number of piperazine rings is 1. The van der Waals surface area contributed by atoms with Crippen LogP contribution in [0.25, 0.3) is 6.08 Å². The van der Waals surface area contributed by atoms with Gasteiger partial charge in [-0.25, -0.2) is 0 Å². The number of amides is 1. The van der Waals surface area contributed by atoms with Gasteiger partial charge in [0.1, 0.15) is 13.2 Å². The van der Waals surface area contributed by atoms with Crippen molar-refractivity contribution < 1.29 is 14.3 Å². The third-order valence-corrected chi connectivity index (χ3v) is 8.68. The highest BCUT2D eigenvalue weighted by Crippen LogP contribution is 2.41. The van der Waals surface area contributed by atoms with Crippen LogP contribution in [0.3, 0.4) is 0 Å². The van der Waals surface area contributed by atoms with E-state index in [1.54, 1.807) is 18.2 Å². The molecule has 3 aliphatic heterocycles. The van der Waals surface area contributed by atoms with Gasteiger partial charge < -0.3 is 19.7 Å². The van der Waals surface area contributed by atoms with Gasteiger partial charge in [0.15, 0.2) is 11.5 Å². The second kappa shape index (κ2) is 12.1. The highest BCUT2D eigenvalue weighted by Gasteiger charge is 2.29. The largest absolute Gasteiger partial charge is 0.486 e. The molecule has 214 valence electrons. The Morgan fingerprint density at radius 3 is 2.56 bits per heavy atom. The van der Waals surface area contributed by atoms with Gasteiger partial charge >= 0.3 is 0 Å². The van der Waals surface area contributed by atoms with E-state index in [1.807, 2.05) is 18.2 Å². The Kier molecular flexibility index (Phi) is 8.19. The van der Waals surface area contributed by atoms with Crippen LogP contribution in [0, 0.1) is 0 Å². The summed E-state index contributed by atoms with van der Waals surface area (Å²) >= 11 is 6.88. The molecule has 3 aliphatic rings. The number of rotatable bonds is 7. The van der Waals surface area contributed by atoms with Crippen molar-refractivity contribution in [3.63, 3.8) is 0 Å². The number of hydrogen-bond acceptors (Lipinski definition) is 6. The Labute approximate surface area is 247 Å². The molecule has 1 fully saturated rings. The second-order valence-electron chi connectivity index (χ2n) is 10.9. The van der Waals surface area contributed by atoms with Gasteiger partial charge in [-0.1, -0.05) is 48.9 Å². The molecular formula is C33H37ClN4O3. The zero-order chi connectivity index (χ0) is 28.3. The Hall–Kier alpha value is -3.52. The number of fused-ring (bicyclic) bond motifs is 2. The van der Waals surface area contributed by atoms with E-state index in [2.05, 4.69) is 70.3 Å². The number of nitrogens with zero attached hydrogens (tertiary/aromatic N) is 3. The fraction of sp³-hybridized carbons (Fsp3) is 0.364. The van der Waals surface area contributed by atoms with E-state index in [9.17, 15) is 4.79 Å². The molecule has 0 radical (unpaired) electrons. The fourth-order valence-corrected chi connectivity index (χ4v) is 6.06. The van der Waals surface area contributed by atoms with Crippen molar-refractivity contribution in [3.05, 3.63) is 82.9 Å². The number of benzene rings is 3. The first-order chi connectivity index (χ1) is 20.0. The quantitative estimate of drug-likeness (QED) is 0.358. The van der Waals surface area contributed by atoms with Crippen LogP contribution in [-0.4, -0.2) is 73.7 Å². The molecule has 0 spiro atoms. The lowest BCUT2D eigenvalue weighted by atomic mass is 10.0. The number of halogens is 1. The summed E-state index contributed by atoms with van der Waals surface area (Å²) in [6, 6.07) is 20.0. The van der Waals surface area contributed by atoms with Crippen LogP contribution in [0.15, 0.2) is 66.7 Å². The standard InChI is InChI=1S/C33H37ClN4O3/c1-3-23(2)37-16-14-36(15-17-37)22-27-11-8-24-6-4-5-7-29(24)38(27)30-21-26(10-12-28(30)34)35-33(39)25-9-13-31-32(20-25)41-19-18-40-31/h4-13,20-21,23,27H,3,14-19,22H2,1-2H3,(H,35,39). The van der Waals surface area contributed by atoms with E-state index in [0.29, 0.717) is 47.0 Å². The molecule has 0 aliphatic carbocycles. The summed E-state index contributed by atoms with van der Waals surface area (Å²) in [7, 11) is 0. The van der Waals surface area contributed by atoms with Crippen molar-refractivity contribution >= 4 is 40.6 Å². The van der Waals surface area contributed by atoms with E-state index in [4.69, 9.17) is 21.1 Å². The lowest BCUT2D eigenvalue weighted by molar-refractivity contribution is 0.0993. The molecular weight excluding hydrogens is 536 g/mol. The van der Waals surface area contributed by atoms with Gasteiger partial charge in [-0.3, -0.25) is 14.6 Å². The molecule has 1 N–H and O–H groups in total. The van der Waals surface area contributed by atoms with Crippen molar-refractivity contribution in [1.82, 2.24) is 9.80 Å². The van der Waals surface area contributed by atoms with Crippen LogP contribution < -0.4 is 19.7 Å². The number of ether oxygens (including phenoxy) is 2. The predicted molar refractivity (Wildman–Crippen MR) is 166 cm³/mol. The lowest BCUT2D eigenvalue weighted by Gasteiger charge is -2.42. The normalized spacial score (nSPS) is 19.5. The minimum absolute atomic E-state index is 0.0984. The van der Waals surface area contributed by atoms with Gasteiger partial charge in [0.25, 0.3) is 5.91 Å². The number of nitrogens with one attached hydrogen (secondary N) is 1. The van der Waals surface area contributed by atoms with Crippen LogP contribution in [0.2, 0.25) is 5.02 Å². The van der Waals surface area contributed by atoms with E-state index in [-0.39, 0.29) is 11.9 Å². The smallest absolute Gasteiger partial charge is 0.255 e. The fourth-order valence-electron chi connectivity index (χ4n) is 5.85. The zero-order valence-electron chi connectivity index (χ0n) is 23.7. The topological polar surface area (TPSA) is 57.3 Å². The molecule has 2 unspecified atom stereocenters. The molecule has 8 heteroatoms. The first kappa shape index (κ1) is 27.6. The van der Waals surface area contributed by atoms with Gasteiger partial charge in [-0.15, -0.1) is 0 Å². The number of anilines is 3. The minimum atomic E-state index is -0.218. The Morgan fingerprint density at radius 2 is 1.76 bits per heavy atom. The van der Waals surface area contributed by atoms with Crippen LogP contribution in [0.5, 0.6) is 11.5 Å². The summed E-state index contributed by atoms with van der Waals surface area (Å²) in [4.78, 5) is 20.7. The van der Waals surface area contributed by atoms with Crippen molar-refractivity contribution in [2.24, 2.45) is 0 Å². The Bertz CT molecular complexity index is 1440. The lowest BCUT2D eigenvalue weighted by Crippen LogP contribution is -2.52. The molecule has 0 saturated carbocycles. The summed E-state index contributed by atoms with van der Waals surface area (Å²) in [5, 5.41) is 3.70. The van der Waals surface area contributed by atoms with Gasteiger partial charge in [0, 0.05) is 55.7 Å². The summed E-state index contributed by atoms with van der Waals surface area (Å²) in [6.45, 7) is 10.7. The highest BCUT2D eigenvalue weighted by molar-refractivity contribution is 6.33. The van der Waals surface area contributed by atoms with E-state index >= 15 is 0 Å². The maximum atomic E-state index is 13.2. The maximum Gasteiger partial charge on any atom is 0.255 e. The third kappa shape index (κ3) is 5.94. The average Bonchev–Trinajstić information content (AvgIpc) is 3.01. The zero-order valence-corrected chi connectivity index (χ0v) is 24.4. The van der Waals surface area contributed by atoms with Gasteiger partial charge in [-0.05, 0) is 61.4 Å². The monoisotopic (exact) mass is 572 g/mol. The molecule has 3 aromatic carbocycles. The van der Waals surface area contributed by atoms with Crippen LogP contribution >= 0.6 is 11.6 Å². The maximum absolute atomic E-state index is 13.2. The van der Waals surface area contributed by atoms with Crippen molar-refractivity contribution in [2.45, 2.75) is 32.4 Å². The van der Waals surface area contributed by atoms with Gasteiger partial charge in [0.05, 0.1) is 16.8 Å². The molecule has 3 heterocycles. The van der Waals surface area contributed by atoms with Crippen LogP contribution in [0.1, 0.15) is 36.2 Å². The first-order valence-electron chi connectivity index (χ1n) is 14.5. The third-order valence-electron chi connectivity index (χ3n) is 8.36. The summed E-state index contributed by atoms with van der Waals surface area (Å²) in [5.41, 5.74) is 4.30. The molecule has 0 aromatic heterocycles. The van der Waals surface area contributed by atoms with Crippen molar-refractivity contribution in [1.29, 1.82) is 0 Å². The number of hydrogen-bond donors (Lipinski definition) is 1. The SMILES string of the molecule is CCC(C)N1CCN(CC2C=Cc3ccccc3N2c2cc(NC(=O)c3ccc4c(c3)OCCO4)ccc2Cl)CC1. The summed E-state index contributed by atoms with van der Waals surface area (Å²) in [5.74, 6) is 1.03. The highest BCUT2D eigenvalue weighted by atomic mass is 35.5. The van der Waals surface area contributed by atoms with Gasteiger partial charge in [0.2, 0.25) is 0 Å². The molecule has 2 atom stereocenters. The van der Waals surface area contributed by atoms with E-state index < -0.39 is 0 Å². The van der Waals surface area contributed by atoms with Crippen molar-refractivity contribution in [3.8, 4) is 11.5 Å². The molecule has 1 amide bonds. The Morgan fingerprint density at radius 1 is 0.976 bits per heavy atom. The predicted octanol–water partition coefficient (Wildman–Crippen LogP) is 6.31. The molecule has 7 nitrogen and oxygen atoms in total. The molecule has 3 aromatic rings.